The third-order valence-corrected chi connectivity index (χ3v) is 1.96. The van der Waals surface area contributed by atoms with Crippen LogP contribution in [0.4, 0.5) is 0 Å². The summed E-state index contributed by atoms with van der Waals surface area (Å²) in [6, 6.07) is 0. The summed E-state index contributed by atoms with van der Waals surface area (Å²) in [5, 5.41) is 4.65. The Morgan fingerprint density at radius 1 is 1.29 bits per heavy atom. The van der Waals surface area contributed by atoms with Crippen molar-refractivity contribution >= 4 is 17.8 Å². The number of guanidine groups is 1. The van der Waals surface area contributed by atoms with Crippen LogP contribution in [0.5, 0.6) is 0 Å². The molecule has 0 saturated carbocycles. The molecule has 2 N–H and O–H groups in total. The molecule has 0 bridgehead atoms. The van der Waals surface area contributed by atoms with E-state index >= 15 is 0 Å². The first-order chi connectivity index (χ1) is 6.63. The van der Waals surface area contributed by atoms with Crippen molar-refractivity contribution in [2.24, 2.45) is 4.99 Å². The second kappa shape index (κ2) is 4.71. The summed E-state index contributed by atoms with van der Waals surface area (Å²) in [4.78, 5) is 27.6. The van der Waals surface area contributed by atoms with Crippen molar-refractivity contribution in [2.45, 2.75) is 6.92 Å². The van der Waals surface area contributed by atoms with Crippen LogP contribution in [-0.2, 0) is 9.59 Å². The zero-order valence-electron chi connectivity index (χ0n) is 8.33. The largest absolute Gasteiger partial charge is 0.316 e. The number of nitrogens with one attached hydrogen (secondary N) is 2. The van der Waals surface area contributed by atoms with Crippen LogP contribution in [-0.4, -0.2) is 49.4 Å². The molecular formula is C8H14N4O2. The SMILES string of the molecule is CCN(C)CCN=C1NC(=O)C(=O)N1. The third kappa shape index (κ3) is 2.81. The van der Waals surface area contributed by atoms with E-state index in [9.17, 15) is 9.59 Å². The van der Waals surface area contributed by atoms with Gasteiger partial charge in [-0.1, -0.05) is 6.92 Å². The first kappa shape index (κ1) is 10.6. The fraction of sp³-hybridized carbons (Fsp3) is 0.625. The Morgan fingerprint density at radius 3 is 2.36 bits per heavy atom. The first-order valence-corrected chi connectivity index (χ1v) is 4.48. The molecule has 0 atom stereocenters. The Morgan fingerprint density at radius 2 is 1.86 bits per heavy atom. The normalized spacial score (nSPS) is 15.8. The minimum atomic E-state index is -0.646. The average Bonchev–Trinajstić information content (AvgIpc) is 2.46. The van der Waals surface area contributed by atoms with E-state index in [1.165, 1.54) is 0 Å². The first-order valence-electron chi connectivity index (χ1n) is 4.48. The standard InChI is InChI=1S/C8H14N4O2/c1-3-12(2)5-4-9-8-10-6(13)7(14)11-8/h3-5H2,1-2H3,(H2,9,10,11,13,14). The van der Waals surface area contributed by atoms with Gasteiger partial charge in [0.05, 0.1) is 6.54 Å². The number of rotatable bonds is 4. The van der Waals surface area contributed by atoms with E-state index in [-0.39, 0.29) is 5.96 Å². The zero-order chi connectivity index (χ0) is 10.6. The lowest BCUT2D eigenvalue weighted by molar-refractivity contribution is -0.135. The van der Waals surface area contributed by atoms with Crippen molar-refractivity contribution in [1.82, 2.24) is 15.5 Å². The van der Waals surface area contributed by atoms with Crippen LogP contribution < -0.4 is 10.6 Å². The molecule has 0 radical (unpaired) electrons. The predicted molar refractivity (Wildman–Crippen MR) is 51.8 cm³/mol. The molecule has 0 aromatic carbocycles. The van der Waals surface area contributed by atoms with Crippen LogP contribution in [0.3, 0.4) is 0 Å². The molecule has 1 fully saturated rings. The highest BCUT2D eigenvalue weighted by atomic mass is 16.2. The Bertz CT molecular complexity index is 257. The van der Waals surface area contributed by atoms with E-state index in [1.807, 2.05) is 14.0 Å². The van der Waals surface area contributed by atoms with Gasteiger partial charge in [0.25, 0.3) is 0 Å². The highest BCUT2D eigenvalue weighted by Crippen LogP contribution is 1.85. The molecule has 1 heterocycles. The summed E-state index contributed by atoms with van der Waals surface area (Å²) in [5.41, 5.74) is 0. The van der Waals surface area contributed by atoms with Crippen LogP contribution in [0.25, 0.3) is 0 Å². The van der Waals surface area contributed by atoms with Gasteiger partial charge in [-0.3, -0.25) is 25.2 Å². The molecule has 6 heteroatoms. The minimum Gasteiger partial charge on any atom is -0.305 e. The minimum absolute atomic E-state index is 0.254. The molecule has 0 aliphatic carbocycles. The molecule has 0 spiro atoms. The summed E-state index contributed by atoms with van der Waals surface area (Å²) in [6.45, 7) is 4.35. The van der Waals surface area contributed by atoms with Crippen LogP contribution in [0, 0.1) is 0 Å². The van der Waals surface area contributed by atoms with Gasteiger partial charge < -0.3 is 4.90 Å². The van der Waals surface area contributed by atoms with Gasteiger partial charge in [0.15, 0.2) is 0 Å². The number of amides is 2. The molecule has 1 aliphatic rings. The Labute approximate surface area is 82.4 Å². The molecule has 6 nitrogen and oxygen atoms in total. The number of hydrogen-bond acceptors (Lipinski definition) is 4. The summed E-state index contributed by atoms with van der Waals surface area (Å²) in [7, 11) is 1.98. The van der Waals surface area contributed by atoms with Crippen molar-refractivity contribution < 1.29 is 9.59 Å². The van der Waals surface area contributed by atoms with Gasteiger partial charge in [0, 0.05) is 6.54 Å². The summed E-state index contributed by atoms with van der Waals surface area (Å²) < 4.78 is 0. The maximum absolute atomic E-state index is 10.7. The highest BCUT2D eigenvalue weighted by Gasteiger charge is 2.24. The summed E-state index contributed by atoms with van der Waals surface area (Å²) in [5.74, 6) is -1.04. The molecule has 78 valence electrons. The Balaban J connectivity index is 2.33. The lowest BCUT2D eigenvalue weighted by Gasteiger charge is -2.11. The fourth-order valence-corrected chi connectivity index (χ4v) is 0.930. The molecule has 14 heavy (non-hydrogen) atoms. The summed E-state index contributed by atoms with van der Waals surface area (Å²) >= 11 is 0. The van der Waals surface area contributed by atoms with Crippen molar-refractivity contribution in [3.05, 3.63) is 0 Å². The Hall–Kier alpha value is -1.43. The van der Waals surface area contributed by atoms with Crippen LogP contribution >= 0.6 is 0 Å². The quantitative estimate of drug-likeness (QED) is 0.542. The van der Waals surface area contributed by atoms with Crippen LogP contribution in [0.1, 0.15) is 6.92 Å². The fourth-order valence-electron chi connectivity index (χ4n) is 0.930. The van der Waals surface area contributed by atoms with E-state index in [4.69, 9.17) is 0 Å². The number of aliphatic imine (C=N–C) groups is 1. The summed E-state index contributed by atoms with van der Waals surface area (Å²) in [6.07, 6.45) is 0. The number of carbonyl (C=O) groups excluding carboxylic acids is 2. The van der Waals surface area contributed by atoms with E-state index in [2.05, 4.69) is 20.5 Å². The van der Waals surface area contributed by atoms with Crippen molar-refractivity contribution in [3.8, 4) is 0 Å². The van der Waals surface area contributed by atoms with Gasteiger partial charge in [0.2, 0.25) is 5.96 Å². The lowest BCUT2D eigenvalue weighted by atomic mass is 10.5. The van der Waals surface area contributed by atoms with Crippen LogP contribution in [0.15, 0.2) is 4.99 Å². The zero-order valence-corrected chi connectivity index (χ0v) is 8.33. The topological polar surface area (TPSA) is 73.8 Å². The Kier molecular flexibility index (Phi) is 3.58. The monoisotopic (exact) mass is 198 g/mol. The molecule has 0 aromatic rings. The molecule has 0 aromatic heterocycles. The average molecular weight is 198 g/mol. The van der Waals surface area contributed by atoms with Crippen LogP contribution in [0.2, 0.25) is 0 Å². The number of carbonyl (C=O) groups is 2. The van der Waals surface area contributed by atoms with Gasteiger partial charge in [-0.05, 0) is 13.6 Å². The van der Waals surface area contributed by atoms with E-state index < -0.39 is 11.8 Å². The van der Waals surface area contributed by atoms with Gasteiger partial charge in [-0.25, -0.2) is 0 Å². The molecule has 1 aliphatic heterocycles. The second-order valence-electron chi connectivity index (χ2n) is 3.03. The van der Waals surface area contributed by atoms with E-state index in [1.54, 1.807) is 0 Å². The van der Waals surface area contributed by atoms with Crippen molar-refractivity contribution in [3.63, 3.8) is 0 Å². The van der Waals surface area contributed by atoms with E-state index in [0.717, 1.165) is 13.1 Å². The lowest BCUT2D eigenvalue weighted by Crippen LogP contribution is -2.28. The number of nitrogens with zero attached hydrogens (tertiary/aromatic N) is 2. The second-order valence-corrected chi connectivity index (χ2v) is 3.03. The molecule has 2 amide bonds. The molecule has 0 unspecified atom stereocenters. The van der Waals surface area contributed by atoms with Gasteiger partial charge >= 0.3 is 11.8 Å². The smallest absolute Gasteiger partial charge is 0.305 e. The number of likely N-dealkylation sites (N-methyl/N-ethyl adjacent to an activating group) is 1. The van der Waals surface area contributed by atoms with Crippen molar-refractivity contribution in [2.75, 3.05) is 26.7 Å². The maximum Gasteiger partial charge on any atom is 0.316 e. The van der Waals surface area contributed by atoms with Gasteiger partial charge in [0.1, 0.15) is 0 Å². The molecule has 1 rings (SSSR count). The number of hydrogen-bond donors (Lipinski definition) is 2. The third-order valence-electron chi connectivity index (χ3n) is 1.96. The maximum atomic E-state index is 10.7. The van der Waals surface area contributed by atoms with Gasteiger partial charge in [-0.15, -0.1) is 0 Å². The highest BCUT2D eigenvalue weighted by molar-refractivity contribution is 6.45. The van der Waals surface area contributed by atoms with Crippen molar-refractivity contribution in [1.29, 1.82) is 0 Å². The molecular weight excluding hydrogens is 184 g/mol. The molecule has 1 saturated heterocycles. The van der Waals surface area contributed by atoms with Gasteiger partial charge in [-0.2, -0.15) is 0 Å². The predicted octanol–water partition coefficient (Wildman–Crippen LogP) is -1.46. The van der Waals surface area contributed by atoms with E-state index in [0.29, 0.717) is 6.54 Å².